The fraction of sp³-hybridized carbons (Fsp3) is 0.462. The second kappa shape index (κ2) is 14.0. The number of hydrogen-bond acceptors (Lipinski definition) is 5. The van der Waals surface area contributed by atoms with Gasteiger partial charge in [-0.05, 0) is 55.2 Å². The lowest BCUT2D eigenvalue weighted by Crippen LogP contribution is -2.48. The Morgan fingerprint density at radius 1 is 1.14 bits per heavy atom. The first kappa shape index (κ1) is 30.9. The van der Waals surface area contributed by atoms with E-state index >= 15 is 0 Å². The summed E-state index contributed by atoms with van der Waals surface area (Å²) in [6, 6.07) is 11.6. The Balaban J connectivity index is 2.18. The van der Waals surface area contributed by atoms with E-state index in [2.05, 4.69) is 21.2 Å². The van der Waals surface area contributed by atoms with E-state index in [1.807, 2.05) is 38.1 Å². The number of carbonyl (C=O) groups is 2. The average molecular weight is 617 g/mol. The zero-order valence-corrected chi connectivity index (χ0v) is 25.0. The van der Waals surface area contributed by atoms with Gasteiger partial charge in [0.05, 0.1) is 24.1 Å². The van der Waals surface area contributed by atoms with Gasteiger partial charge in [-0.1, -0.05) is 53.5 Å². The van der Waals surface area contributed by atoms with Gasteiger partial charge < -0.3 is 15.0 Å². The number of ether oxygens (including phenoxy) is 1. The highest BCUT2D eigenvalue weighted by Gasteiger charge is 2.27. The van der Waals surface area contributed by atoms with Gasteiger partial charge in [-0.15, -0.1) is 0 Å². The van der Waals surface area contributed by atoms with Crippen molar-refractivity contribution in [2.24, 2.45) is 5.92 Å². The van der Waals surface area contributed by atoms with Gasteiger partial charge in [0.15, 0.2) is 0 Å². The first-order valence-corrected chi connectivity index (χ1v) is 15.0. The number of nitrogens with one attached hydrogen (secondary N) is 1. The van der Waals surface area contributed by atoms with Crippen LogP contribution in [-0.4, -0.2) is 57.6 Å². The van der Waals surface area contributed by atoms with Crippen molar-refractivity contribution in [3.05, 3.63) is 57.5 Å². The lowest BCUT2D eigenvalue weighted by molar-refractivity contribution is -0.140. The third-order valence-corrected chi connectivity index (χ3v) is 7.65. The number of anilines is 1. The van der Waals surface area contributed by atoms with Crippen LogP contribution in [0.15, 0.2) is 46.9 Å². The van der Waals surface area contributed by atoms with E-state index in [1.54, 1.807) is 19.1 Å². The molecule has 204 valence electrons. The molecule has 1 atom stereocenters. The van der Waals surface area contributed by atoms with Gasteiger partial charge in [-0.25, -0.2) is 8.42 Å². The second-order valence-corrected chi connectivity index (χ2v) is 12.5. The van der Waals surface area contributed by atoms with Crippen LogP contribution in [0.1, 0.15) is 39.2 Å². The standard InChI is InChI=1S/C26H35BrClN3O5S/c1-18(2)16-29-26(33)19(3)30(17-20-8-6-9-21(27)14-20)25(32)10-7-13-31(37(5,34)35)22-11-12-24(36-4)23(28)15-22/h6,8-9,11-12,14-15,18-19H,7,10,13,16-17H2,1-5H3,(H,29,33). The summed E-state index contributed by atoms with van der Waals surface area (Å²) in [6.45, 7) is 6.53. The maximum absolute atomic E-state index is 13.4. The van der Waals surface area contributed by atoms with Gasteiger partial charge >= 0.3 is 0 Å². The Morgan fingerprint density at radius 3 is 2.41 bits per heavy atom. The molecule has 37 heavy (non-hydrogen) atoms. The molecule has 2 amide bonds. The summed E-state index contributed by atoms with van der Waals surface area (Å²) in [5.74, 6) is 0.233. The highest BCUT2D eigenvalue weighted by molar-refractivity contribution is 9.10. The normalized spacial score (nSPS) is 12.2. The molecule has 0 saturated carbocycles. The molecule has 1 unspecified atom stereocenters. The fourth-order valence-corrected chi connectivity index (χ4v) is 5.34. The zero-order chi connectivity index (χ0) is 27.8. The molecule has 0 spiro atoms. The minimum Gasteiger partial charge on any atom is -0.495 e. The highest BCUT2D eigenvalue weighted by Crippen LogP contribution is 2.30. The first-order chi connectivity index (χ1) is 17.3. The smallest absolute Gasteiger partial charge is 0.242 e. The van der Waals surface area contributed by atoms with E-state index in [-0.39, 0.29) is 48.7 Å². The summed E-state index contributed by atoms with van der Waals surface area (Å²) in [5.41, 5.74) is 1.25. The molecule has 0 saturated heterocycles. The Morgan fingerprint density at radius 2 is 1.84 bits per heavy atom. The summed E-state index contributed by atoms with van der Waals surface area (Å²) in [4.78, 5) is 27.7. The summed E-state index contributed by atoms with van der Waals surface area (Å²) in [5, 5.41) is 3.18. The van der Waals surface area contributed by atoms with Crippen molar-refractivity contribution in [3.63, 3.8) is 0 Å². The number of rotatable bonds is 13. The van der Waals surface area contributed by atoms with Crippen molar-refractivity contribution in [1.82, 2.24) is 10.2 Å². The molecule has 1 N–H and O–H groups in total. The molecule has 0 aromatic heterocycles. The van der Waals surface area contributed by atoms with E-state index < -0.39 is 16.1 Å². The van der Waals surface area contributed by atoms with Gasteiger partial charge in [0.1, 0.15) is 11.8 Å². The van der Waals surface area contributed by atoms with Gasteiger partial charge in [-0.2, -0.15) is 0 Å². The van der Waals surface area contributed by atoms with E-state index in [0.717, 1.165) is 16.3 Å². The van der Waals surface area contributed by atoms with Crippen LogP contribution in [0.2, 0.25) is 5.02 Å². The van der Waals surface area contributed by atoms with Gasteiger partial charge in [0.25, 0.3) is 0 Å². The number of carbonyl (C=O) groups excluding carboxylic acids is 2. The monoisotopic (exact) mass is 615 g/mol. The third-order valence-electron chi connectivity index (χ3n) is 5.67. The van der Waals surface area contributed by atoms with Crippen molar-refractivity contribution in [3.8, 4) is 5.75 Å². The molecule has 0 bridgehead atoms. The van der Waals surface area contributed by atoms with E-state index in [0.29, 0.717) is 18.0 Å². The summed E-state index contributed by atoms with van der Waals surface area (Å²) in [7, 11) is -2.15. The molecule has 2 aromatic carbocycles. The molecule has 0 heterocycles. The molecule has 2 aromatic rings. The van der Waals surface area contributed by atoms with Crippen molar-refractivity contribution >= 4 is 55.1 Å². The number of halogens is 2. The number of nitrogens with zero attached hydrogens (tertiary/aromatic N) is 2. The summed E-state index contributed by atoms with van der Waals surface area (Å²) >= 11 is 9.65. The number of hydrogen-bond donors (Lipinski definition) is 1. The number of sulfonamides is 1. The molecule has 0 fully saturated rings. The van der Waals surface area contributed by atoms with Crippen molar-refractivity contribution in [1.29, 1.82) is 0 Å². The molecule has 2 rings (SSSR count). The molecule has 0 aliphatic rings. The van der Waals surface area contributed by atoms with Crippen LogP contribution in [0.4, 0.5) is 5.69 Å². The van der Waals surface area contributed by atoms with E-state index in [9.17, 15) is 18.0 Å². The lowest BCUT2D eigenvalue weighted by Gasteiger charge is -2.29. The highest BCUT2D eigenvalue weighted by atomic mass is 79.9. The Hall–Kier alpha value is -2.30. The average Bonchev–Trinajstić information content (AvgIpc) is 2.82. The molecule has 11 heteroatoms. The van der Waals surface area contributed by atoms with Crippen LogP contribution in [0.25, 0.3) is 0 Å². The van der Waals surface area contributed by atoms with E-state index in [1.165, 1.54) is 22.4 Å². The Bertz CT molecular complexity index is 1190. The van der Waals surface area contributed by atoms with Crippen molar-refractivity contribution < 1.29 is 22.7 Å². The van der Waals surface area contributed by atoms with Crippen LogP contribution in [-0.2, 0) is 26.2 Å². The van der Waals surface area contributed by atoms with Crippen LogP contribution >= 0.6 is 27.5 Å². The molecule has 0 radical (unpaired) electrons. The predicted molar refractivity (Wildman–Crippen MR) is 151 cm³/mol. The maximum Gasteiger partial charge on any atom is 0.242 e. The number of methoxy groups -OCH3 is 1. The molecule has 0 aliphatic carbocycles. The van der Waals surface area contributed by atoms with Crippen LogP contribution in [0.5, 0.6) is 5.75 Å². The third kappa shape index (κ3) is 9.50. The Labute approximate surface area is 233 Å². The SMILES string of the molecule is COc1ccc(N(CCCC(=O)N(Cc2cccc(Br)c2)C(C)C(=O)NCC(C)C)S(C)(=O)=O)cc1Cl. The molecule has 0 aliphatic heterocycles. The van der Waals surface area contributed by atoms with Crippen molar-refractivity contribution in [2.75, 3.05) is 30.8 Å². The topological polar surface area (TPSA) is 96.0 Å². The maximum atomic E-state index is 13.4. The molecular weight excluding hydrogens is 582 g/mol. The van der Waals surface area contributed by atoms with Gasteiger partial charge in [-0.3, -0.25) is 13.9 Å². The minimum atomic E-state index is -3.63. The second-order valence-electron chi connectivity index (χ2n) is 9.22. The van der Waals surface area contributed by atoms with Crippen LogP contribution < -0.4 is 14.4 Å². The lowest BCUT2D eigenvalue weighted by atomic mass is 10.1. The number of amides is 2. The predicted octanol–water partition coefficient (Wildman–Crippen LogP) is 4.85. The quantitative estimate of drug-likeness (QED) is 0.347. The van der Waals surface area contributed by atoms with Gasteiger partial charge in [0, 0.05) is 30.5 Å². The van der Waals surface area contributed by atoms with Crippen molar-refractivity contribution in [2.45, 2.75) is 46.2 Å². The zero-order valence-electron chi connectivity index (χ0n) is 21.8. The molecule has 8 nitrogen and oxygen atoms in total. The fourth-order valence-electron chi connectivity index (χ4n) is 3.68. The summed E-state index contributed by atoms with van der Waals surface area (Å²) < 4.78 is 32.2. The van der Waals surface area contributed by atoms with Crippen LogP contribution in [0.3, 0.4) is 0 Å². The van der Waals surface area contributed by atoms with Crippen LogP contribution in [0, 0.1) is 5.92 Å². The largest absolute Gasteiger partial charge is 0.495 e. The van der Waals surface area contributed by atoms with E-state index in [4.69, 9.17) is 16.3 Å². The number of benzene rings is 2. The summed E-state index contributed by atoms with van der Waals surface area (Å²) in [6.07, 6.45) is 1.42. The minimum absolute atomic E-state index is 0.0612. The van der Waals surface area contributed by atoms with Gasteiger partial charge in [0.2, 0.25) is 21.8 Å². The Kier molecular flexibility index (Phi) is 11.7. The first-order valence-electron chi connectivity index (χ1n) is 12.0. The molecular formula is C26H35BrClN3O5S.